The molecule has 1 fully saturated rings. The Labute approximate surface area is 195 Å². The summed E-state index contributed by atoms with van der Waals surface area (Å²) in [5.41, 5.74) is 1.04. The minimum Gasteiger partial charge on any atom is -0.490 e. The smallest absolute Gasteiger partial charge is 0.225 e. The second-order valence-corrected chi connectivity index (χ2v) is 8.72. The van der Waals surface area contributed by atoms with Crippen molar-refractivity contribution in [2.24, 2.45) is 0 Å². The van der Waals surface area contributed by atoms with Gasteiger partial charge in [0.1, 0.15) is 18.0 Å². The number of benzene rings is 2. The third-order valence-corrected chi connectivity index (χ3v) is 6.12. The second-order valence-electron chi connectivity index (χ2n) is 8.31. The molecule has 0 aliphatic carbocycles. The van der Waals surface area contributed by atoms with E-state index in [4.69, 9.17) is 21.1 Å². The van der Waals surface area contributed by atoms with Crippen LogP contribution in [0.2, 0.25) is 5.02 Å². The summed E-state index contributed by atoms with van der Waals surface area (Å²) in [4.78, 5) is 29.0. The van der Waals surface area contributed by atoms with E-state index in [-0.39, 0.29) is 24.8 Å². The van der Waals surface area contributed by atoms with Crippen LogP contribution in [0.4, 0.5) is 0 Å². The summed E-state index contributed by atoms with van der Waals surface area (Å²) in [5.74, 6) is 0.638. The molecule has 0 spiro atoms. The summed E-state index contributed by atoms with van der Waals surface area (Å²) in [7, 11) is 1.78. The fourth-order valence-corrected chi connectivity index (χ4v) is 3.92. The molecule has 172 valence electrons. The van der Waals surface area contributed by atoms with Crippen LogP contribution < -0.4 is 4.74 Å². The van der Waals surface area contributed by atoms with Crippen LogP contribution in [-0.4, -0.2) is 60.6 Å². The Bertz CT molecular complexity index is 937. The quantitative estimate of drug-likeness (QED) is 0.598. The Kier molecular flexibility index (Phi) is 8.15. The molecular weight excluding hydrogens is 428 g/mol. The van der Waals surface area contributed by atoms with Crippen LogP contribution in [-0.2, 0) is 20.9 Å². The summed E-state index contributed by atoms with van der Waals surface area (Å²) in [6.45, 7) is 5.61. The molecule has 0 saturated carbocycles. The summed E-state index contributed by atoms with van der Waals surface area (Å²) in [6, 6.07) is 15.3. The van der Waals surface area contributed by atoms with Gasteiger partial charge in [0.2, 0.25) is 11.8 Å². The summed E-state index contributed by atoms with van der Waals surface area (Å²) < 4.78 is 12.2. The average Bonchev–Trinajstić information content (AvgIpc) is 2.80. The molecule has 1 heterocycles. The fourth-order valence-electron chi connectivity index (χ4n) is 3.80. The van der Waals surface area contributed by atoms with Crippen LogP contribution in [0.3, 0.4) is 0 Å². The lowest BCUT2D eigenvalue weighted by Gasteiger charge is -2.42. The van der Waals surface area contributed by atoms with Gasteiger partial charge >= 0.3 is 0 Å². The first-order valence-electron chi connectivity index (χ1n) is 10.9. The van der Waals surface area contributed by atoms with Gasteiger partial charge in [-0.25, -0.2) is 0 Å². The van der Waals surface area contributed by atoms with Crippen molar-refractivity contribution < 1.29 is 19.1 Å². The summed E-state index contributed by atoms with van der Waals surface area (Å²) >= 11 is 6.12. The van der Waals surface area contributed by atoms with Crippen LogP contribution in [0.25, 0.3) is 0 Å². The third-order valence-electron chi connectivity index (χ3n) is 5.70. The molecule has 0 radical (unpaired) electrons. The Hall–Kier alpha value is -2.57. The highest BCUT2D eigenvalue weighted by Crippen LogP contribution is 2.27. The molecular formula is C25H31ClN2O4. The van der Waals surface area contributed by atoms with Gasteiger partial charge in [0.05, 0.1) is 19.6 Å². The molecule has 1 aliphatic rings. The van der Waals surface area contributed by atoms with Gasteiger partial charge in [0.25, 0.3) is 0 Å². The predicted octanol–water partition coefficient (Wildman–Crippen LogP) is 4.08. The number of halogens is 1. The molecule has 32 heavy (non-hydrogen) atoms. The zero-order chi connectivity index (χ0) is 23.1. The van der Waals surface area contributed by atoms with Gasteiger partial charge in [-0.3, -0.25) is 9.59 Å². The van der Waals surface area contributed by atoms with E-state index in [0.717, 1.165) is 11.1 Å². The average molecular weight is 459 g/mol. The number of nitrogens with zero attached hydrogens (tertiary/aromatic N) is 2. The van der Waals surface area contributed by atoms with Gasteiger partial charge in [-0.15, -0.1) is 0 Å². The Morgan fingerprint density at radius 3 is 2.66 bits per heavy atom. The first-order valence-corrected chi connectivity index (χ1v) is 11.3. The third kappa shape index (κ3) is 6.24. The topological polar surface area (TPSA) is 59.1 Å². The normalized spacial score (nSPS) is 18.3. The molecule has 1 aliphatic heterocycles. The SMILES string of the molecule is CCC(=O)N1CCO[C@@](COc2ccc(Cl)c(C)c2)(CC(=O)N(C)Cc2ccccc2)C1. The van der Waals surface area contributed by atoms with Crippen molar-refractivity contribution in [3.63, 3.8) is 0 Å². The van der Waals surface area contributed by atoms with Crippen LogP contribution in [0.5, 0.6) is 5.75 Å². The van der Waals surface area contributed by atoms with Gasteiger partial charge in [-0.1, -0.05) is 48.9 Å². The molecule has 2 aromatic carbocycles. The van der Waals surface area contributed by atoms with Crippen molar-refractivity contribution in [2.75, 3.05) is 33.4 Å². The van der Waals surface area contributed by atoms with E-state index in [0.29, 0.717) is 43.4 Å². The van der Waals surface area contributed by atoms with E-state index < -0.39 is 5.60 Å². The van der Waals surface area contributed by atoms with Crippen molar-refractivity contribution in [1.29, 1.82) is 0 Å². The minimum absolute atomic E-state index is 0.0464. The molecule has 2 amide bonds. The molecule has 7 heteroatoms. The maximum absolute atomic E-state index is 13.1. The predicted molar refractivity (Wildman–Crippen MR) is 125 cm³/mol. The lowest BCUT2D eigenvalue weighted by molar-refractivity contribution is -0.165. The van der Waals surface area contributed by atoms with Crippen molar-refractivity contribution in [2.45, 2.75) is 38.8 Å². The number of morpholine rings is 1. The maximum atomic E-state index is 13.1. The van der Waals surface area contributed by atoms with E-state index in [1.807, 2.05) is 50.2 Å². The van der Waals surface area contributed by atoms with Crippen molar-refractivity contribution in [1.82, 2.24) is 9.80 Å². The van der Waals surface area contributed by atoms with Crippen LogP contribution in [0.1, 0.15) is 30.9 Å². The number of carbonyl (C=O) groups is 2. The first kappa shape index (κ1) is 24.1. The van der Waals surface area contributed by atoms with Crippen LogP contribution >= 0.6 is 11.6 Å². The van der Waals surface area contributed by atoms with Crippen molar-refractivity contribution in [3.8, 4) is 5.75 Å². The Morgan fingerprint density at radius 1 is 1.22 bits per heavy atom. The molecule has 0 bridgehead atoms. The lowest BCUT2D eigenvalue weighted by Crippen LogP contribution is -2.58. The lowest BCUT2D eigenvalue weighted by atomic mass is 9.96. The highest BCUT2D eigenvalue weighted by Gasteiger charge is 2.41. The van der Waals surface area contributed by atoms with Crippen molar-refractivity contribution >= 4 is 23.4 Å². The van der Waals surface area contributed by atoms with Crippen molar-refractivity contribution in [3.05, 3.63) is 64.7 Å². The van der Waals surface area contributed by atoms with Gasteiger partial charge in [0, 0.05) is 31.6 Å². The van der Waals surface area contributed by atoms with E-state index >= 15 is 0 Å². The Morgan fingerprint density at radius 2 is 1.97 bits per heavy atom. The molecule has 6 nitrogen and oxygen atoms in total. The zero-order valence-corrected chi connectivity index (χ0v) is 19.7. The standard InChI is InChI=1S/C25H31ClN2O4/c1-4-23(29)28-12-13-32-25(17-28,18-31-21-10-11-22(26)19(2)14-21)15-24(30)27(3)16-20-8-6-5-7-9-20/h5-11,14H,4,12-13,15-18H2,1-3H3/t25-/m0/s1. The van der Waals surface area contributed by atoms with Gasteiger partial charge in [-0.05, 0) is 36.2 Å². The molecule has 2 aromatic rings. The monoisotopic (exact) mass is 458 g/mol. The molecule has 1 atom stereocenters. The van der Waals surface area contributed by atoms with Crippen LogP contribution in [0.15, 0.2) is 48.5 Å². The van der Waals surface area contributed by atoms with E-state index in [1.54, 1.807) is 29.0 Å². The summed E-state index contributed by atoms with van der Waals surface area (Å²) in [5, 5.41) is 0.665. The molecule has 0 aromatic heterocycles. The number of hydrogen-bond donors (Lipinski definition) is 0. The van der Waals surface area contributed by atoms with E-state index in [2.05, 4.69) is 0 Å². The first-order chi connectivity index (χ1) is 15.3. The maximum Gasteiger partial charge on any atom is 0.225 e. The number of carbonyl (C=O) groups excluding carboxylic acids is 2. The molecule has 0 N–H and O–H groups in total. The number of aryl methyl sites for hydroxylation is 1. The largest absolute Gasteiger partial charge is 0.490 e. The Balaban J connectivity index is 1.75. The second kappa shape index (κ2) is 10.8. The number of hydrogen-bond acceptors (Lipinski definition) is 4. The molecule has 3 rings (SSSR count). The minimum atomic E-state index is -0.918. The number of amides is 2. The van der Waals surface area contributed by atoms with Gasteiger partial charge < -0.3 is 19.3 Å². The van der Waals surface area contributed by atoms with Gasteiger partial charge in [0.15, 0.2) is 0 Å². The number of rotatable bonds is 8. The zero-order valence-electron chi connectivity index (χ0n) is 19.0. The fraction of sp³-hybridized carbons (Fsp3) is 0.440. The highest BCUT2D eigenvalue weighted by molar-refractivity contribution is 6.31. The van der Waals surface area contributed by atoms with Crippen LogP contribution in [0, 0.1) is 6.92 Å². The van der Waals surface area contributed by atoms with E-state index in [9.17, 15) is 9.59 Å². The summed E-state index contributed by atoms with van der Waals surface area (Å²) in [6.07, 6.45) is 0.533. The number of ether oxygens (including phenoxy) is 2. The molecule has 1 saturated heterocycles. The molecule has 0 unspecified atom stereocenters. The van der Waals surface area contributed by atoms with E-state index in [1.165, 1.54) is 0 Å². The highest BCUT2D eigenvalue weighted by atomic mass is 35.5. The van der Waals surface area contributed by atoms with Gasteiger partial charge in [-0.2, -0.15) is 0 Å².